The SMILES string of the molecule is CNC(c1sccc1Cl)C1(CC(C)C)CCCC1. The van der Waals surface area contributed by atoms with Crippen LogP contribution in [0.25, 0.3) is 0 Å². The van der Waals surface area contributed by atoms with Gasteiger partial charge in [-0.3, -0.25) is 0 Å². The first-order chi connectivity index (χ1) is 8.59. The number of hydrogen-bond donors (Lipinski definition) is 1. The molecule has 2 rings (SSSR count). The minimum absolute atomic E-state index is 0.414. The van der Waals surface area contributed by atoms with E-state index in [1.54, 1.807) is 11.3 Å². The van der Waals surface area contributed by atoms with Gasteiger partial charge in [-0.15, -0.1) is 11.3 Å². The molecule has 0 aliphatic heterocycles. The van der Waals surface area contributed by atoms with Crippen LogP contribution in [0.15, 0.2) is 11.4 Å². The van der Waals surface area contributed by atoms with Crippen molar-refractivity contribution < 1.29 is 0 Å². The van der Waals surface area contributed by atoms with E-state index in [4.69, 9.17) is 11.6 Å². The molecule has 1 heterocycles. The molecule has 1 N–H and O–H groups in total. The van der Waals surface area contributed by atoms with E-state index in [0.29, 0.717) is 11.5 Å². The van der Waals surface area contributed by atoms with Crippen molar-refractivity contribution in [3.8, 4) is 0 Å². The van der Waals surface area contributed by atoms with Crippen LogP contribution >= 0.6 is 22.9 Å². The molecule has 3 heteroatoms. The fourth-order valence-corrected chi connectivity index (χ4v) is 5.15. The topological polar surface area (TPSA) is 12.0 Å². The lowest BCUT2D eigenvalue weighted by atomic mass is 9.72. The summed E-state index contributed by atoms with van der Waals surface area (Å²) in [5, 5.41) is 6.61. The average Bonchev–Trinajstić information content (AvgIpc) is 2.90. The molecular formula is C15H24ClNS. The van der Waals surface area contributed by atoms with Crippen LogP contribution in [0.4, 0.5) is 0 Å². The van der Waals surface area contributed by atoms with Crippen molar-refractivity contribution in [3.05, 3.63) is 21.3 Å². The van der Waals surface area contributed by atoms with Crippen LogP contribution in [0.3, 0.4) is 0 Å². The highest BCUT2D eigenvalue weighted by Gasteiger charge is 2.42. The lowest BCUT2D eigenvalue weighted by molar-refractivity contribution is 0.164. The predicted octanol–water partition coefficient (Wildman–Crippen LogP) is 5.27. The summed E-state index contributed by atoms with van der Waals surface area (Å²) >= 11 is 8.16. The Bertz CT molecular complexity index is 380. The van der Waals surface area contributed by atoms with Crippen LogP contribution < -0.4 is 5.32 Å². The van der Waals surface area contributed by atoms with Gasteiger partial charge < -0.3 is 5.32 Å². The predicted molar refractivity (Wildman–Crippen MR) is 81.5 cm³/mol. The Morgan fingerprint density at radius 3 is 2.50 bits per heavy atom. The second-order valence-corrected chi connectivity index (χ2v) is 7.38. The summed E-state index contributed by atoms with van der Waals surface area (Å²) < 4.78 is 0. The van der Waals surface area contributed by atoms with E-state index in [9.17, 15) is 0 Å². The summed E-state index contributed by atoms with van der Waals surface area (Å²) in [4.78, 5) is 1.33. The maximum Gasteiger partial charge on any atom is 0.0561 e. The van der Waals surface area contributed by atoms with Crippen LogP contribution in [0.5, 0.6) is 0 Å². The van der Waals surface area contributed by atoms with Crippen LogP contribution in [0.2, 0.25) is 5.02 Å². The fraction of sp³-hybridized carbons (Fsp3) is 0.733. The van der Waals surface area contributed by atoms with Gasteiger partial charge in [-0.05, 0) is 49.1 Å². The zero-order valence-corrected chi connectivity index (χ0v) is 13.2. The molecule has 1 aliphatic rings. The Balaban J connectivity index is 2.31. The smallest absolute Gasteiger partial charge is 0.0561 e. The molecule has 0 radical (unpaired) electrons. The monoisotopic (exact) mass is 285 g/mol. The van der Waals surface area contributed by atoms with Crippen LogP contribution in [-0.2, 0) is 0 Å². The van der Waals surface area contributed by atoms with Gasteiger partial charge in [-0.2, -0.15) is 0 Å². The zero-order valence-electron chi connectivity index (χ0n) is 11.6. The maximum atomic E-state index is 6.36. The summed E-state index contributed by atoms with van der Waals surface area (Å²) in [5.74, 6) is 0.748. The largest absolute Gasteiger partial charge is 0.312 e. The van der Waals surface area contributed by atoms with Crippen LogP contribution in [0.1, 0.15) is 56.9 Å². The highest BCUT2D eigenvalue weighted by atomic mass is 35.5. The number of rotatable bonds is 5. The van der Waals surface area contributed by atoms with Crippen molar-refractivity contribution in [1.29, 1.82) is 0 Å². The zero-order chi connectivity index (χ0) is 13.2. The molecule has 1 atom stereocenters. The number of thiophene rings is 1. The van der Waals surface area contributed by atoms with Crippen molar-refractivity contribution >= 4 is 22.9 Å². The lowest BCUT2D eigenvalue weighted by Gasteiger charge is -2.39. The molecule has 1 aromatic heterocycles. The van der Waals surface area contributed by atoms with Gasteiger partial charge in [0.05, 0.1) is 5.02 Å². The number of halogens is 1. The minimum Gasteiger partial charge on any atom is -0.312 e. The molecule has 0 bridgehead atoms. The molecule has 1 unspecified atom stereocenters. The van der Waals surface area contributed by atoms with E-state index in [0.717, 1.165) is 10.9 Å². The third-order valence-corrected chi connectivity index (χ3v) is 5.65. The van der Waals surface area contributed by atoms with Gasteiger partial charge in [-0.25, -0.2) is 0 Å². The molecule has 102 valence electrons. The average molecular weight is 286 g/mol. The molecule has 0 spiro atoms. The summed E-state index contributed by atoms with van der Waals surface area (Å²) in [5.41, 5.74) is 0.414. The first-order valence-corrected chi connectivity index (χ1v) is 8.25. The van der Waals surface area contributed by atoms with E-state index in [2.05, 4.69) is 31.6 Å². The molecule has 1 aliphatic carbocycles. The van der Waals surface area contributed by atoms with Crippen LogP contribution in [-0.4, -0.2) is 7.05 Å². The summed E-state index contributed by atoms with van der Waals surface area (Å²) in [7, 11) is 2.08. The third-order valence-electron chi connectivity index (χ3n) is 4.22. The first-order valence-electron chi connectivity index (χ1n) is 6.99. The highest BCUT2D eigenvalue weighted by molar-refractivity contribution is 7.10. The third kappa shape index (κ3) is 2.76. The normalized spacial score (nSPS) is 20.5. The molecule has 0 aromatic carbocycles. The van der Waals surface area contributed by atoms with Crippen molar-refractivity contribution in [2.45, 2.75) is 52.0 Å². The van der Waals surface area contributed by atoms with Gasteiger partial charge in [0.2, 0.25) is 0 Å². The Morgan fingerprint density at radius 2 is 2.06 bits per heavy atom. The molecule has 1 fully saturated rings. The molecule has 1 saturated carbocycles. The second kappa shape index (κ2) is 5.94. The van der Waals surface area contributed by atoms with Gasteiger partial charge in [0.25, 0.3) is 0 Å². The van der Waals surface area contributed by atoms with Gasteiger partial charge in [0, 0.05) is 10.9 Å². The molecular weight excluding hydrogens is 262 g/mol. The fourth-order valence-electron chi connectivity index (χ4n) is 3.73. The first kappa shape index (κ1) is 14.4. The molecule has 1 nitrogen and oxygen atoms in total. The molecule has 1 aromatic rings. The number of hydrogen-bond acceptors (Lipinski definition) is 2. The van der Waals surface area contributed by atoms with Crippen molar-refractivity contribution in [3.63, 3.8) is 0 Å². The standard InChI is InChI=1S/C15H24ClNS/c1-11(2)10-15(7-4-5-8-15)14(17-3)13-12(16)6-9-18-13/h6,9,11,14,17H,4-5,7-8,10H2,1-3H3. The van der Waals surface area contributed by atoms with Gasteiger partial charge >= 0.3 is 0 Å². The van der Waals surface area contributed by atoms with E-state index in [1.807, 2.05) is 6.07 Å². The van der Waals surface area contributed by atoms with E-state index in [-0.39, 0.29) is 0 Å². The lowest BCUT2D eigenvalue weighted by Crippen LogP contribution is -2.35. The summed E-state index contributed by atoms with van der Waals surface area (Å²) in [6.45, 7) is 4.67. The van der Waals surface area contributed by atoms with Crippen molar-refractivity contribution in [1.82, 2.24) is 5.32 Å². The Hall–Kier alpha value is -0.0500. The highest BCUT2D eigenvalue weighted by Crippen LogP contribution is 2.53. The molecule has 0 saturated heterocycles. The Kier molecular flexibility index (Phi) is 4.74. The molecule has 18 heavy (non-hydrogen) atoms. The van der Waals surface area contributed by atoms with E-state index >= 15 is 0 Å². The van der Waals surface area contributed by atoms with Crippen molar-refractivity contribution in [2.24, 2.45) is 11.3 Å². The quantitative estimate of drug-likeness (QED) is 0.777. The second-order valence-electron chi connectivity index (χ2n) is 6.02. The van der Waals surface area contributed by atoms with E-state index in [1.165, 1.54) is 37.0 Å². The maximum absolute atomic E-state index is 6.36. The van der Waals surface area contributed by atoms with Gasteiger partial charge in [0.15, 0.2) is 0 Å². The van der Waals surface area contributed by atoms with Gasteiger partial charge in [-0.1, -0.05) is 38.3 Å². The van der Waals surface area contributed by atoms with Gasteiger partial charge in [0.1, 0.15) is 0 Å². The van der Waals surface area contributed by atoms with Crippen molar-refractivity contribution in [2.75, 3.05) is 7.05 Å². The minimum atomic E-state index is 0.414. The molecule has 0 amide bonds. The summed E-state index contributed by atoms with van der Waals surface area (Å²) in [6.07, 6.45) is 6.71. The summed E-state index contributed by atoms with van der Waals surface area (Å²) in [6, 6.07) is 2.46. The van der Waals surface area contributed by atoms with Crippen LogP contribution in [0, 0.1) is 11.3 Å². The Labute approximate surface area is 120 Å². The van der Waals surface area contributed by atoms with E-state index < -0.39 is 0 Å². The Morgan fingerprint density at radius 1 is 1.39 bits per heavy atom. The number of nitrogens with one attached hydrogen (secondary N) is 1.